The molecule has 0 bridgehead atoms. The molecule has 2 aromatic rings. The highest BCUT2D eigenvalue weighted by Gasteiger charge is 2.22. The van der Waals surface area contributed by atoms with Gasteiger partial charge in [-0.05, 0) is 52.4 Å². The zero-order valence-corrected chi connectivity index (χ0v) is 11.3. The number of rotatable bonds is 4. The van der Waals surface area contributed by atoms with Crippen molar-refractivity contribution in [3.63, 3.8) is 0 Å². The third kappa shape index (κ3) is 2.36. The number of nitrogens with zero attached hydrogens (tertiary/aromatic N) is 1. The molecule has 4 nitrogen and oxygen atoms in total. The predicted octanol–water partition coefficient (Wildman–Crippen LogP) is 3.48. The van der Waals surface area contributed by atoms with E-state index in [-0.39, 0.29) is 0 Å². The third-order valence-electron chi connectivity index (χ3n) is 3.01. The van der Waals surface area contributed by atoms with E-state index < -0.39 is 0 Å². The van der Waals surface area contributed by atoms with Crippen molar-refractivity contribution in [2.45, 2.75) is 12.8 Å². The van der Waals surface area contributed by atoms with Crippen LogP contribution in [0.1, 0.15) is 12.8 Å². The molecular formula is C13H13BrN2O2. The molecule has 0 atom stereocenters. The second-order valence-electron chi connectivity index (χ2n) is 4.50. The number of nitrogens with two attached hydrogens (primary N) is 1. The Bertz CT molecular complexity index is 564. The van der Waals surface area contributed by atoms with Gasteiger partial charge in [-0.2, -0.15) is 0 Å². The van der Waals surface area contributed by atoms with E-state index in [2.05, 4.69) is 21.1 Å². The van der Waals surface area contributed by atoms with Crippen LogP contribution in [-0.2, 0) is 0 Å². The fraction of sp³-hybridized carbons (Fsp3) is 0.308. The molecule has 1 fully saturated rings. The van der Waals surface area contributed by atoms with E-state index in [9.17, 15) is 0 Å². The first-order valence-electron chi connectivity index (χ1n) is 5.87. The van der Waals surface area contributed by atoms with Crippen LogP contribution in [0.25, 0.3) is 11.1 Å². The van der Waals surface area contributed by atoms with Crippen LogP contribution >= 0.6 is 15.9 Å². The lowest BCUT2D eigenvalue weighted by Crippen LogP contribution is -1.99. The first-order chi connectivity index (χ1) is 8.74. The minimum Gasteiger partial charge on any atom is -0.492 e. The van der Waals surface area contributed by atoms with Crippen molar-refractivity contribution in [1.29, 1.82) is 0 Å². The highest BCUT2D eigenvalue weighted by molar-refractivity contribution is 9.10. The Balaban J connectivity index is 1.81. The van der Waals surface area contributed by atoms with Gasteiger partial charge in [-0.1, -0.05) is 11.2 Å². The average Bonchev–Trinajstić information content (AvgIpc) is 3.09. The maximum absolute atomic E-state index is 5.75. The lowest BCUT2D eigenvalue weighted by molar-refractivity contribution is 0.298. The molecule has 3 rings (SSSR count). The molecule has 0 saturated heterocycles. The molecule has 1 aliphatic carbocycles. The average molecular weight is 309 g/mol. The van der Waals surface area contributed by atoms with Crippen LogP contribution in [0.15, 0.2) is 33.4 Å². The quantitative estimate of drug-likeness (QED) is 0.939. The summed E-state index contributed by atoms with van der Waals surface area (Å²) in [5, 5.41) is 3.67. The van der Waals surface area contributed by atoms with Gasteiger partial charge in [0.25, 0.3) is 0 Å². The topological polar surface area (TPSA) is 61.3 Å². The number of ether oxygens (including phenoxy) is 1. The van der Waals surface area contributed by atoms with Crippen molar-refractivity contribution in [1.82, 2.24) is 5.16 Å². The van der Waals surface area contributed by atoms with Crippen LogP contribution < -0.4 is 10.5 Å². The standard InChI is InChI=1S/C13H13BrN2O2/c14-11-5-9(10-6-16-18-13(10)15)3-4-12(11)17-7-8-1-2-8/h3-6,8H,1-2,7,15H2. The zero-order valence-electron chi connectivity index (χ0n) is 9.73. The number of halogens is 1. The summed E-state index contributed by atoms with van der Waals surface area (Å²) in [6.45, 7) is 0.799. The summed E-state index contributed by atoms with van der Waals surface area (Å²) in [5.41, 5.74) is 7.45. The van der Waals surface area contributed by atoms with E-state index >= 15 is 0 Å². The second kappa shape index (κ2) is 4.65. The molecule has 1 aromatic carbocycles. The van der Waals surface area contributed by atoms with Gasteiger partial charge in [0.1, 0.15) is 5.75 Å². The number of hydrogen-bond acceptors (Lipinski definition) is 4. The highest BCUT2D eigenvalue weighted by atomic mass is 79.9. The van der Waals surface area contributed by atoms with Crippen LogP contribution in [0.5, 0.6) is 5.75 Å². The molecule has 0 aliphatic heterocycles. The fourth-order valence-electron chi connectivity index (χ4n) is 1.74. The van der Waals surface area contributed by atoms with Crippen molar-refractivity contribution in [2.75, 3.05) is 12.3 Å². The van der Waals surface area contributed by atoms with Gasteiger partial charge in [-0.25, -0.2) is 0 Å². The number of hydrogen-bond donors (Lipinski definition) is 1. The molecule has 2 N–H and O–H groups in total. The first-order valence-corrected chi connectivity index (χ1v) is 6.66. The summed E-state index contributed by atoms with van der Waals surface area (Å²) < 4.78 is 11.5. The molecule has 5 heteroatoms. The van der Waals surface area contributed by atoms with E-state index in [4.69, 9.17) is 15.0 Å². The Morgan fingerprint density at radius 1 is 1.44 bits per heavy atom. The van der Waals surface area contributed by atoms with Crippen LogP contribution in [0, 0.1) is 5.92 Å². The van der Waals surface area contributed by atoms with Gasteiger partial charge in [0.2, 0.25) is 5.88 Å². The maximum Gasteiger partial charge on any atom is 0.229 e. The van der Waals surface area contributed by atoms with Gasteiger partial charge in [0, 0.05) is 0 Å². The molecular weight excluding hydrogens is 296 g/mol. The highest BCUT2D eigenvalue weighted by Crippen LogP contribution is 2.35. The Kier molecular flexibility index (Phi) is 2.99. The van der Waals surface area contributed by atoms with E-state index in [0.717, 1.165) is 33.9 Å². The van der Waals surface area contributed by atoms with Gasteiger partial charge in [-0.3, -0.25) is 0 Å². The fourth-order valence-corrected chi connectivity index (χ4v) is 2.24. The number of anilines is 1. The lowest BCUT2D eigenvalue weighted by atomic mass is 10.1. The van der Waals surface area contributed by atoms with Crippen molar-refractivity contribution < 1.29 is 9.26 Å². The molecule has 0 spiro atoms. The van der Waals surface area contributed by atoms with Crippen molar-refractivity contribution in [3.05, 3.63) is 28.9 Å². The molecule has 0 radical (unpaired) electrons. The Hall–Kier alpha value is -1.49. The maximum atomic E-state index is 5.75. The van der Waals surface area contributed by atoms with E-state index in [1.54, 1.807) is 6.20 Å². The summed E-state index contributed by atoms with van der Waals surface area (Å²) in [7, 11) is 0. The SMILES string of the molecule is Nc1oncc1-c1ccc(OCC2CC2)c(Br)c1. The number of benzene rings is 1. The molecule has 94 valence electrons. The monoisotopic (exact) mass is 308 g/mol. The molecule has 1 saturated carbocycles. The third-order valence-corrected chi connectivity index (χ3v) is 3.63. The largest absolute Gasteiger partial charge is 0.492 e. The molecule has 1 heterocycles. The van der Waals surface area contributed by atoms with Crippen molar-refractivity contribution in [3.8, 4) is 16.9 Å². The number of nitrogen functional groups attached to an aromatic ring is 1. The lowest BCUT2D eigenvalue weighted by Gasteiger charge is -2.08. The molecule has 1 aliphatic rings. The van der Waals surface area contributed by atoms with Gasteiger partial charge >= 0.3 is 0 Å². The molecule has 18 heavy (non-hydrogen) atoms. The van der Waals surface area contributed by atoms with E-state index in [1.165, 1.54) is 12.8 Å². The van der Waals surface area contributed by atoms with Gasteiger partial charge in [0.15, 0.2) is 0 Å². The predicted molar refractivity (Wildman–Crippen MR) is 72.3 cm³/mol. The van der Waals surface area contributed by atoms with E-state index in [0.29, 0.717) is 5.88 Å². The van der Waals surface area contributed by atoms with Crippen molar-refractivity contribution >= 4 is 21.8 Å². The van der Waals surface area contributed by atoms with Gasteiger partial charge in [0.05, 0.1) is 22.8 Å². The second-order valence-corrected chi connectivity index (χ2v) is 5.36. The van der Waals surface area contributed by atoms with Crippen LogP contribution in [0.4, 0.5) is 5.88 Å². The Morgan fingerprint density at radius 3 is 2.89 bits per heavy atom. The molecule has 1 aromatic heterocycles. The summed E-state index contributed by atoms with van der Waals surface area (Å²) in [6.07, 6.45) is 4.18. The minimum absolute atomic E-state index is 0.327. The van der Waals surface area contributed by atoms with Crippen LogP contribution in [0.2, 0.25) is 0 Å². The summed E-state index contributed by atoms with van der Waals surface area (Å²) >= 11 is 3.51. The molecule has 0 unspecified atom stereocenters. The Labute approximate surface area is 113 Å². The van der Waals surface area contributed by atoms with Gasteiger partial charge in [-0.15, -0.1) is 0 Å². The summed E-state index contributed by atoms with van der Waals surface area (Å²) in [6, 6.07) is 5.86. The molecule has 0 amide bonds. The number of aromatic nitrogens is 1. The summed E-state index contributed by atoms with van der Waals surface area (Å²) in [5.74, 6) is 1.93. The smallest absolute Gasteiger partial charge is 0.229 e. The van der Waals surface area contributed by atoms with Crippen LogP contribution in [0.3, 0.4) is 0 Å². The minimum atomic E-state index is 0.327. The van der Waals surface area contributed by atoms with Gasteiger partial charge < -0.3 is 15.0 Å². The zero-order chi connectivity index (χ0) is 12.5. The normalized spacial score (nSPS) is 14.7. The summed E-state index contributed by atoms with van der Waals surface area (Å²) in [4.78, 5) is 0. The van der Waals surface area contributed by atoms with E-state index in [1.807, 2.05) is 18.2 Å². The van der Waals surface area contributed by atoms with Crippen LogP contribution in [-0.4, -0.2) is 11.8 Å². The first kappa shape index (κ1) is 11.6. The Morgan fingerprint density at radius 2 is 2.28 bits per heavy atom. The van der Waals surface area contributed by atoms with Crippen molar-refractivity contribution in [2.24, 2.45) is 5.92 Å².